The normalized spacial score (nSPS) is 18.0. The van der Waals surface area contributed by atoms with E-state index in [1.54, 1.807) is 18.2 Å². The second kappa shape index (κ2) is 7.56. The molecule has 1 amide bonds. The van der Waals surface area contributed by atoms with Gasteiger partial charge in [-0.3, -0.25) is 9.69 Å². The van der Waals surface area contributed by atoms with Crippen LogP contribution in [-0.4, -0.2) is 54.2 Å². The predicted octanol–water partition coefficient (Wildman–Crippen LogP) is 1.45. The number of benzene rings is 1. The van der Waals surface area contributed by atoms with Gasteiger partial charge in [-0.15, -0.1) is 0 Å². The molecular weight excluding hydrogens is 288 g/mol. The maximum Gasteiger partial charge on any atom is 0.234 e. The van der Waals surface area contributed by atoms with E-state index in [0.29, 0.717) is 24.9 Å². The Hall–Kier alpha value is -1.40. The molecule has 1 heterocycles. The van der Waals surface area contributed by atoms with Crippen molar-refractivity contribution in [3.63, 3.8) is 0 Å². The molecule has 0 aromatic heterocycles. The Labute approximate surface area is 129 Å². The molecular formula is C15H22N2O3S. The van der Waals surface area contributed by atoms with E-state index < -0.39 is 0 Å². The minimum atomic E-state index is 0.0152. The van der Waals surface area contributed by atoms with Crippen LogP contribution in [0.25, 0.3) is 0 Å². The third-order valence-corrected chi connectivity index (χ3v) is 4.80. The first kappa shape index (κ1) is 16.0. The number of hydrogen-bond acceptors (Lipinski definition) is 5. The number of amides is 1. The minimum absolute atomic E-state index is 0.0152. The average Bonchev–Trinajstić information content (AvgIpc) is 3.00. The first-order chi connectivity index (χ1) is 10.1. The number of ether oxygens (including phenoxy) is 1. The van der Waals surface area contributed by atoms with Crippen LogP contribution in [0.5, 0.6) is 11.5 Å². The fraction of sp³-hybridized carbons (Fsp3) is 0.533. The molecule has 0 saturated carbocycles. The van der Waals surface area contributed by atoms with Crippen molar-refractivity contribution in [3.05, 3.63) is 23.8 Å². The van der Waals surface area contributed by atoms with Crippen molar-refractivity contribution in [1.82, 2.24) is 10.2 Å². The molecule has 0 aliphatic carbocycles. The van der Waals surface area contributed by atoms with Gasteiger partial charge in [-0.2, -0.15) is 11.8 Å². The van der Waals surface area contributed by atoms with Crippen LogP contribution >= 0.6 is 11.8 Å². The predicted molar refractivity (Wildman–Crippen MR) is 84.9 cm³/mol. The maximum absolute atomic E-state index is 12.0. The Morgan fingerprint density at radius 3 is 3.05 bits per heavy atom. The second-order valence-corrected chi connectivity index (χ2v) is 6.37. The fourth-order valence-corrected chi connectivity index (χ4v) is 3.61. The minimum Gasteiger partial charge on any atom is -0.504 e. The zero-order valence-electron chi connectivity index (χ0n) is 12.5. The summed E-state index contributed by atoms with van der Waals surface area (Å²) < 4.78 is 5.05. The maximum atomic E-state index is 12.0. The zero-order chi connectivity index (χ0) is 15.2. The smallest absolute Gasteiger partial charge is 0.234 e. The summed E-state index contributed by atoms with van der Waals surface area (Å²) in [5.74, 6) is 2.83. The molecule has 0 spiro atoms. The van der Waals surface area contributed by atoms with Crippen LogP contribution in [-0.2, 0) is 11.3 Å². The number of methoxy groups -OCH3 is 1. The summed E-state index contributed by atoms with van der Waals surface area (Å²) in [4.78, 5) is 14.1. The highest BCUT2D eigenvalue weighted by atomic mass is 32.2. The summed E-state index contributed by atoms with van der Waals surface area (Å²) in [5.41, 5.74) is 0.900. The summed E-state index contributed by atoms with van der Waals surface area (Å²) in [5, 5.41) is 12.4. The number of thioether (sulfide) groups is 1. The van der Waals surface area contributed by atoms with Gasteiger partial charge < -0.3 is 15.2 Å². The van der Waals surface area contributed by atoms with Gasteiger partial charge in [0.1, 0.15) is 0 Å². The zero-order valence-corrected chi connectivity index (χ0v) is 13.3. The molecule has 1 aliphatic heterocycles. The van der Waals surface area contributed by atoms with Gasteiger partial charge in [-0.25, -0.2) is 0 Å². The molecule has 2 rings (SSSR count). The highest BCUT2D eigenvalue weighted by Crippen LogP contribution is 2.26. The Morgan fingerprint density at radius 2 is 2.38 bits per heavy atom. The summed E-state index contributed by atoms with van der Waals surface area (Å²) in [7, 11) is 3.51. The van der Waals surface area contributed by atoms with E-state index in [1.807, 2.05) is 18.8 Å². The van der Waals surface area contributed by atoms with Crippen molar-refractivity contribution in [1.29, 1.82) is 0 Å². The number of phenols is 1. The van der Waals surface area contributed by atoms with E-state index in [9.17, 15) is 9.90 Å². The van der Waals surface area contributed by atoms with E-state index >= 15 is 0 Å². The number of aromatic hydroxyl groups is 1. The van der Waals surface area contributed by atoms with Crippen molar-refractivity contribution in [2.45, 2.75) is 19.0 Å². The summed E-state index contributed by atoms with van der Waals surface area (Å²) >= 11 is 1.94. The molecule has 1 aromatic rings. The molecule has 6 heteroatoms. The van der Waals surface area contributed by atoms with Crippen LogP contribution in [0.4, 0.5) is 0 Å². The fourth-order valence-electron chi connectivity index (χ4n) is 2.31. The van der Waals surface area contributed by atoms with Crippen LogP contribution in [0.15, 0.2) is 18.2 Å². The molecule has 2 N–H and O–H groups in total. The number of rotatable bonds is 6. The number of carbonyl (C=O) groups excluding carboxylic acids is 1. The molecule has 5 nitrogen and oxygen atoms in total. The SMILES string of the molecule is COc1cc(CNC(=O)CN(C)C2CCSC2)ccc1O. The molecule has 1 fully saturated rings. The Kier molecular flexibility index (Phi) is 5.76. The van der Waals surface area contributed by atoms with Crippen molar-refractivity contribution in [2.24, 2.45) is 0 Å². The molecule has 21 heavy (non-hydrogen) atoms. The van der Waals surface area contributed by atoms with Gasteiger partial charge in [-0.1, -0.05) is 6.07 Å². The number of likely N-dealkylation sites (N-methyl/N-ethyl adjacent to an activating group) is 1. The lowest BCUT2D eigenvalue weighted by Gasteiger charge is -2.22. The number of hydrogen-bond donors (Lipinski definition) is 2. The summed E-state index contributed by atoms with van der Waals surface area (Å²) in [6, 6.07) is 5.58. The van der Waals surface area contributed by atoms with E-state index in [0.717, 1.165) is 17.7 Å². The quantitative estimate of drug-likeness (QED) is 0.833. The lowest BCUT2D eigenvalue weighted by molar-refractivity contribution is -0.122. The Bertz CT molecular complexity index is 490. The van der Waals surface area contributed by atoms with E-state index in [1.165, 1.54) is 12.9 Å². The summed E-state index contributed by atoms with van der Waals surface area (Å²) in [6.07, 6.45) is 1.16. The molecule has 1 atom stereocenters. The van der Waals surface area contributed by atoms with E-state index in [-0.39, 0.29) is 11.7 Å². The first-order valence-electron chi connectivity index (χ1n) is 7.00. The van der Waals surface area contributed by atoms with Crippen LogP contribution in [0, 0.1) is 0 Å². The third kappa shape index (κ3) is 4.54. The third-order valence-electron chi connectivity index (χ3n) is 3.66. The molecule has 116 valence electrons. The molecule has 1 aliphatic rings. The van der Waals surface area contributed by atoms with Crippen LogP contribution in [0.2, 0.25) is 0 Å². The van der Waals surface area contributed by atoms with Crippen molar-refractivity contribution in [3.8, 4) is 11.5 Å². The molecule has 1 unspecified atom stereocenters. The Balaban J connectivity index is 1.80. The molecule has 1 aromatic carbocycles. The van der Waals surface area contributed by atoms with Gasteiger partial charge in [0, 0.05) is 18.3 Å². The average molecular weight is 310 g/mol. The van der Waals surface area contributed by atoms with Crippen LogP contribution < -0.4 is 10.1 Å². The van der Waals surface area contributed by atoms with Gasteiger partial charge in [0.15, 0.2) is 11.5 Å². The van der Waals surface area contributed by atoms with Gasteiger partial charge in [-0.05, 0) is 36.9 Å². The monoisotopic (exact) mass is 310 g/mol. The highest BCUT2D eigenvalue weighted by Gasteiger charge is 2.21. The first-order valence-corrected chi connectivity index (χ1v) is 8.16. The van der Waals surface area contributed by atoms with Crippen LogP contribution in [0.1, 0.15) is 12.0 Å². The van der Waals surface area contributed by atoms with Crippen LogP contribution in [0.3, 0.4) is 0 Å². The largest absolute Gasteiger partial charge is 0.504 e. The summed E-state index contributed by atoms with van der Waals surface area (Å²) in [6.45, 7) is 0.850. The van der Waals surface area contributed by atoms with Crippen molar-refractivity contribution in [2.75, 3.05) is 32.2 Å². The van der Waals surface area contributed by atoms with Gasteiger partial charge in [0.25, 0.3) is 0 Å². The number of nitrogens with zero attached hydrogens (tertiary/aromatic N) is 1. The van der Waals surface area contributed by atoms with Crippen molar-refractivity contribution >= 4 is 17.7 Å². The molecule has 0 radical (unpaired) electrons. The van der Waals surface area contributed by atoms with Crippen molar-refractivity contribution < 1.29 is 14.6 Å². The lowest BCUT2D eigenvalue weighted by Crippen LogP contribution is -2.40. The van der Waals surface area contributed by atoms with Gasteiger partial charge in [0.2, 0.25) is 5.91 Å². The number of phenolic OH excluding ortho intramolecular Hbond substituents is 1. The second-order valence-electron chi connectivity index (χ2n) is 5.22. The van der Waals surface area contributed by atoms with Gasteiger partial charge in [0.05, 0.1) is 13.7 Å². The standard InChI is InChI=1S/C15H22N2O3S/c1-17(12-5-6-21-10-12)9-15(19)16-8-11-3-4-13(18)14(7-11)20-2/h3-4,7,12,18H,5-6,8-10H2,1-2H3,(H,16,19). The van der Waals surface area contributed by atoms with E-state index in [2.05, 4.69) is 10.2 Å². The lowest BCUT2D eigenvalue weighted by atomic mass is 10.2. The number of nitrogens with one attached hydrogen (secondary N) is 1. The molecule has 1 saturated heterocycles. The molecule has 0 bridgehead atoms. The highest BCUT2D eigenvalue weighted by molar-refractivity contribution is 7.99. The topological polar surface area (TPSA) is 61.8 Å². The number of carbonyl (C=O) groups is 1. The Morgan fingerprint density at radius 1 is 1.57 bits per heavy atom. The van der Waals surface area contributed by atoms with Gasteiger partial charge >= 0.3 is 0 Å². The van der Waals surface area contributed by atoms with E-state index in [4.69, 9.17) is 4.74 Å².